The molecule has 2 N–H and O–H groups in total. The number of rotatable bonds is 4. The fourth-order valence-electron chi connectivity index (χ4n) is 1.53. The zero-order valence-corrected chi connectivity index (χ0v) is 10.2. The molecule has 0 aliphatic rings. The number of halogens is 1. The van der Waals surface area contributed by atoms with Gasteiger partial charge < -0.3 is 10.7 Å². The van der Waals surface area contributed by atoms with Crippen molar-refractivity contribution in [2.24, 2.45) is 0 Å². The van der Waals surface area contributed by atoms with Crippen molar-refractivity contribution in [1.82, 2.24) is 0 Å². The Morgan fingerprint density at radius 3 is 2.50 bits per heavy atom. The van der Waals surface area contributed by atoms with Crippen LogP contribution in [0.15, 0.2) is 48.5 Å². The number of anilines is 2. The second kappa shape index (κ2) is 5.47. The molecule has 0 atom stereocenters. The summed E-state index contributed by atoms with van der Waals surface area (Å²) in [4.78, 5) is 11.4. The lowest BCUT2D eigenvalue weighted by molar-refractivity contribution is 0.107. The number of hydrogen-bond donors (Lipinski definition) is 2. The molecule has 0 unspecified atom stereocenters. The molecular formula is C14H11ClN2O. The number of nitrogens with one attached hydrogen (secondary N) is 2. The monoisotopic (exact) mass is 258 g/mol. The van der Waals surface area contributed by atoms with E-state index in [4.69, 9.17) is 17.0 Å². The third-order valence-corrected chi connectivity index (χ3v) is 2.66. The minimum absolute atomic E-state index is 0.310. The Morgan fingerprint density at radius 2 is 1.83 bits per heavy atom. The summed E-state index contributed by atoms with van der Waals surface area (Å²) >= 11 is 5.80. The van der Waals surface area contributed by atoms with Gasteiger partial charge in [-0.25, -0.2) is 0 Å². The first-order chi connectivity index (χ1) is 8.69. The van der Waals surface area contributed by atoms with E-state index in [9.17, 15) is 4.79 Å². The maximum atomic E-state index is 11.4. The molecule has 2 aromatic carbocycles. The van der Waals surface area contributed by atoms with Crippen LogP contribution < -0.4 is 5.32 Å². The second-order valence-corrected chi connectivity index (χ2v) is 4.16. The van der Waals surface area contributed by atoms with Crippen molar-refractivity contribution in [2.75, 3.05) is 5.32 Å². The van der Waals surface area contributed by atoms with E-state index in [1.165, 1.54) is 0 Å². The van der Waals surface area contributed by atoms with Gasteiger partial charge in [0, 0.05) is 22.0 Å². The highest BCUT2D eigenvalue weighted by Gasteiger charge is 2.03. The minimum atomic E-state index is -0.310. The van der Waals surface area contributed by atoms with E-state index < -0.39 is 0 Å². The number of ketones is 1. The SMILES string of the molecule is N=CC(=O)c1cccc(Nc2ccc(Cl)cc2)c1. The first kappa shape index (κ1) is 12.3. The van der Waals surface area contributed by atoms with Gasteiger partial charge in [0.25, 0.3) is 0 Å². The maximum Gasteiger partial charge on any atom is 0.203 e. The van der Waals surface area contributed by atoms with Crippen LogP contribution in [0.1, 0.15) is 10.4 Å². The van der Waals surface area contributed by atoms with Gasteiger partial charge in [0.1, 0.15) is 0 Å². The molecule has 0 amide bonds. The second-order valence-electron chi connectivity index (χ2n) is 3.72. The summed E-state index contributed by atoms with van der Waals surface area (Å²) in [6, 6.07) is 14.3. The van der Waals surface area contributed by atoms with E-state index in [0.29, 0.717) is 10.6 Å². The van der Waals surface area contributed by atoms with Crippen LogP contribution >= 0.6 is 11.6 Å². The zero-order valence-electron chi connectivity index (χ0n) is 9.48. The van der Waals surface area contributed by atoms with Gasteiger partial charge in [0.2, 0.25) is 5.78 Å². The summed E-state index contributed by atoms with van der Waals surface area (Å²) in [7, 11) is 0. The van der Waals surface area contributed by atoms with Crippen LogP contribution in [-0.2, 0) is 0 Å². The summed E-state index contributed by atoms with van der Waals surface area (Å²) in [6.45, 7) is 0. The Hall–Kier alpha value is -2.13. The van der Waals surface area contributed by atoms with E-state index in [1.54, 1.807) is 30.3 Å². The fraction of sp³-hybridized carbons (Fsp3) is 0. The Kier molecular flexibility index (Phi) is 3.75. The molecule has 18 heavy (non-hydrogen) atoms. The summed E-state index contributed by atoms with van der Waals surface area (Å²) < 4.78 is 0. The molecule has 3 nitrogen and oxygen atoms in total. The molecule has 2 rings (SSSR count). The van der Waals surface area contributed by atoms with Crippen LogP contribution in [0.3, 0.4) is 0 Å². The van der Waals surface area contributed by atoms with Gasteiger partial charge in [-0.3, -0.25) is 4.79 Å². The molecule has 0 aliphatic heterocycles. The Bertz CT molecular complexity index is 579. The van der Waals surface area contributed by atoms with Crippen LogP contribution in [-0.4, -0.2) is 12.0 Å². The number of hydrogen-bond acceptors (Lipinski definition) is 3. The molecule has 0 spiro atoms. The lowest BCUT2D eigenvalue weighted by Crippen LogP contribution is -2.00. The van der Waals surface area contributed by atoms with Gasteiger partial charge in [0.15, 0.2) is 0 Å². The lowest BCUT2D eigenvalue weighted by Gasteiger charge is -2.07. The van der Waals surface area contributed by atoms with Crippen molar-refractivity contribution in [1.29, 1.82) is 5.41 Å². The van der Waals surface area contributed by atoms with Crippen LogP contribution in [0.4, 0.5) is 11.4 Å². The van der Waals surface area contributed by atoms with E-state index in [-0.39, 0.29) is 5.78 Å². The lowest BCUT2D eigenvalue weighted by atomic mass is 10.1. The van der Waals surface area contributed by atoms with Gasteiger partial charge in [-0.1, -0.05) is 23.7 Å². The maximum absolute atomic E-state index is 11.4. The number of benzene rings is 2. The van der Waals surface area contributed by atoms with E-state index >= 15 is 0 Å². The highest BCUT2D eigenvalue weighted by atomic mass is 35.5. The molecule has 2 aromatic rings. The van der Waals surface area contributed by atoms with E-state index in [0.717, 1.165) is 17.6 Å². The van der Waals surface area contributed by atoms with Gasteiger partial charge >= 0.3 is 0 Å². The third kappa shape index (κ3) is 2.96. The van der Waals surface area contributed by atoms with Crippen LogP contribution in [0.2, 0.25) is 5.02 Å². The van der Waals surface area contributed by atoms with Crippen molar-refractivity contribution in [3.8, 4) is 0 Å². The average Bonchev–Trinajstić information content (AvgIpc) is 2.41. The standard InChI is InChI=1S/C14H11ClN2O/c15-11-4-6-12(7-5-11)17-13-3-1-2-10(8-13)14(18)9-16/h1-9,16-17H. The van der Waals surface area contributed by atoms with Gasteiger partial charge in [-0.15, -0.1) is 0 Å². The van der Waals surface area contributed by atoms with Crippen LogP contribution in [0, 0.1) is 5.41 Å². The molecule has 0 heterocycles. The third-order valence-electron chi connectivity index (χ3n) is 2.41. The topological polar surface area (TPSA) is 53.0 Å². The minimum Gasteiger partial charge on any atom is -0.356 e. The summed E-state index contributed by atoms with van der Waals surface area (Å²) in [5.41, 5.74) is 2.17. The molecule has 0 radical (unpaired) electrons. The molecule has 0 aromatic heterocycles. The molecule has 0 aliphatic carbocycles. The van der Waals surface area contributed by atoms with Crippen molar-refractivity contribution >= 4 is 35.0 Å². The normalized spacial score (nSPS) is 9.83. The quantitative estimate of drug-likeness (QED) is 0.645. The summed E-state index contributed by atoms with van der Waals surface area (Å²) in [5.74, 6) is -0.310. The first-order valence-electron chi connectivity index (χ1n) is 5.36. The molecule has 90 valence electrons. The van der Waals surface area contributed by atoms with Crippen molar-refractivity contribution in [3.05, 3.63) is 59.1 Å². The molecule has 4 heteroatoms. The largest absolute Gasteiger partial charge is 0.356 e. The number of Topliss-reactive ketones (excluding diaryl/α,β-unsaturated/α-hetero) is 1. The highest BCUT2D eigenvalue weighted by Crippen LogP contribution is 2.19. The van der Waals surface area contributed by atoms with Gasteiger partial charge in [0.05, 0.1) is 6.21 Å². The summed E-state index contributed by atoms with van der Waals surface area (Å²) in [5, 5.41) is 10.8. The highest BCUT2D eigenvalue weighted by molar-refractivity contribution is 6.34. The van der Waals surface area contributed by atoms with Gasteiger partial charge in [-0.05, 0) is 36.4 Å². The molecule has 0 saturated carbocycles. The Morgan fingerprint density at radius 1 is 1.11 bits per heavy atom. The van der Waals surface area contributed by atoms with Crippen molar-refractivity contribution < 1.29 is 4.79 Å². The first-order valence-corrected chi connectivity index (χ1v) is 5.74. The Balaban J connectivity index is 2.21. The summed E-state index contributed by atoms with van der Waals surface area (Å²) in [6.07, 6.45) is 0.807. The van der Waals surface area contributed by atoms with Crippen molar-refractivity contribution in [2.45, 2.75) is 0 Å². The van der Waals surface area contributed by atoms with E-state index in [1.807, 2.05) is 18.2 Å². The van der Waals surface area contributed by atoms with Gasteiger partial charge in [-0.2, -0.15) is 0 Å². The predicted molar refractivity (Wildman–Crippen MR) is 74.3 cm³/mol. The molecular weight excluding hydrogens is 248 g/mol. The Labute approximate surface area is 110 Å². The molecule has 0 bridgehead atoms. The molecule has 0 saturated heterocycles. The smallest absolute Gasteiger partial charge is 0.203 e. The predicted octanol–water partition coefficient (Wildman–Crippen LogP) is 3.92. The van der Waals surface area contributed by atoms with E-state index in [2.05, 4.69) is 5.32 Å². The average molecular weight is 259 g/mol. The number of carbonyl (C=O) groups is 1. The van der Waals surface area contributed by atoms with Crippen LogP contribution in [0.25, 0.3) is 0 Å². The molecule has 0 fully saturated rings. The number of carbonyl (C=O) groups excluding carboxylic acids is 1. The van der Waals surface area contributed by atoms with Crippen LogP contribution in [0.5, 0.6) is 0 Å². The fourth-order valence-corrected chi connectivity index (χ4v) is 1.66. The van der Waals surface area contributed by atoms with Crippen molar-refractivity contribution in [3.63, 3.8) is 0 Å². The zero-order chi connectivity index (χ0) is 13.0.